The summed E-state index contributed by atoms with van der Waals surface area (Å²) in [5.74, 6) is -2.07. The maximum Gasteiger partial charge on any atom is 0.303 e. The molecule has 1 aromatic rings. The molecule has 0 bridgehead atoms. The molecule has 0 heterocycles. The molecule has 0 saturated carbocycles. The summed E-state index contributed by atoms with van der Waals surface area (Å²) in [4.78, 5) is 22.5. The van der Waals surface area contributed by atoms with Crippen LogP contribution in [-0.4, -0.2) is 23.5 Å². The van der Waals surface area contributed by atoms with E-state index in [1.165, 1.54) is 18.2 Å². The highest BCUT2D eigenvalue weighted by atomic mass is 35.5. The number of aliphatic carboxylic acids is 1. The zero-order chi connectivity index (χ0) is 16.0. The molecule has 1 rings (SSSR count). The van der Waals surface area contributed by atoms with Crippen molar-refractivity contribution in [2.45, 2.75) is 33.1 Å². The third kappa shape index (κ3) is 5.71. The van der Waals surface area contributed by atoms with Crippen molar-refractivity contribution in [1.82, 2.24) is 5.32 Å². The van der Waals surface area contributed by atoms with E-state index in [1.54, 1.807) is 0 Å². The zero-order valence-corrected chi connectivity index (χ0v) is 12.8. The molecule has 0 aliphatic rings. The Labute approximate surface area is 128 Å². The second-order valence-electron chi connectivity index (χ2n) is 5.66. The molecule has 21 heavy (non-hydrogen) atoms. The highest BCUT2D eigenvalue weighted by molar-refractivity contribution is 6.33. The number of amides is 1. The van der Waals surface area contributed by atoms with E-state index < -0.39 is 17.7 Å². The van der Waals surface area contributed by atoms with Gasteiger partial charge >= 0.3 is 5.97 Å². The maximum absolute atomic E-state index is 13.6. The summed E-state index contributed by atoms with van der Waals surface area (Å²) in [7, 11) is 0. The molecule has 2 N–H and O–H groups in total. The predicted molar refractivity (Wildman–Crippen MR) is 79.0 cm³/mol. The van der Waals surface area contributed by atoms with Crippen LogP contribution < -0.4 is 5.32 Å². The van der Waals surface area contributed by atoms with E-state index in [-0.39, 0.29) is 22.4 Å². The Morgan fingerprint density at radius 1 is 1.33 bits per heavy atom. The van der Waals surface area contributed by atoms with Crippen LogP contribution in [0.3, 0.4) is 0 Å². The first-order valence-corrected chi connectivity index (χ1v) is 7.05. The maximum atomic E-state index is 13.6. The van der Waals surface area contributed by atoms with Crippen molar-refractivity contribution < 1.29 is 19.1 Å². The Hall–Kier alpha value is -1.62. The molecule has 0 atom stereocenters. The summed E-state index contributed by atoms with van der Waals surface area (Å²) in [5, 5.41) is 11.4. The molecule has 4 nitrogen and oxygen atoms in total. The van der Waals surface area contributed by atoms with Gasteiger partial charge in [0.2, 0.25) is 0 Å². The van der Waals surface area contributed by atoms with Gasteiger partial charge in [0, 0.05) is 13.0 Å². The average molecular weight is 316 g/mol. The lowest BCUT2D eigenvalue weighted by atomic mass is 9.84. The Morgan fingerprint density at radius 2 is 2.00 bits per heavy atom. The molecule has 0 spiro atoms. The molecule has 1 aromatic carbocycles. The van der Waals surface area contributed by atoms with Gasteiger partial charge in [-0.05, 0) is 30.4 Å². The van der Waals surface area contributed by atoms with Gasteiger partial charge in [-0.25, -0.2) is 4.39 Å². The summed E-state index contributed by atoms with van der Waals surface area (Å²) in [6.45, 7) is 4.19. The molecule has 0 fully saturated rings. The minimum atomic E-state index is -0.842. The van der Waals surface area contributed by atoms with Crippen molar-refractivity contribution >= 4 is 23.5 Å². The molecule has 116 valence electrons. The normalized spacial score (nSPS) is 11.2. The minimum absolute atomic E-state index is 0.0673. The average Bonchev–Trinajstić information content (AvgIpc) is 2.36. The Morgan fingerprint density at radius 3 is 2.57 bits per heavy atom. The van der Waals surface area contributed by atoms with Gasteiger partial charge in [-0.1, -0.05) is 31.5 Å². The number of carboxylic acids is 1. The quantitative estimate of drug-likeness (QED) is 0.809. The number of nitrogens with one attached hydrogen (secondary N) is 1. The van der Waals surface area contributed by atoms with Crippen LogP contribution in [0.4, 0.5) is 4.39 Å². The topological polar surface area (TPSA) is 66.4 Å². The van der Waals surface area contributed by atoms with Gasteiger partial charge in [-0.15, -0.1) is 0 Å². The van der Waals surface area contributed by atoms with E-state index in [0.717, 1.165) is 0 Å². The second kappa shape index (κ2) is 7.41. The van der Waals surface area contributed by atoms with Crippen LogP contribution >= 0.6 is 11.6 Å². The van der Waals surface area contributed by atoms with Gasteiger partial charge in [0.05, 0.1) is 10.6 Å². The van der Waals surface area contributed by atoms with Crippen molar-refractivity contribution in [3.63, 3.8) is 0 Å². The lowest BCUT2D eigenvalue weighted by molar-refractivity contribution is -0.137. The first-order valence-electron chi connectivity index (χ1n) is 6.67. The lowest BCUT2D eigenvalue weighted by Gasteiger charge is -2.23. The Balaban J connectivity index is 2.52. The first-order chi connectivity index (χ1) is 9.73. The molecular weight excluding hydrogens is 297 g/mol. The third-order valence-corrected chi connectivity index (χ3v) is 3.61. The van der Waals surface area contributed by atoms with Crippen LogP contribution in [0.5, 0.6) is 0 Å². The van der Waals surface area contributed by atoms with Crippen molar-refractivity contribution in [3.05, 3.63) is 34.6 Å². The minimum Gasteiger partial charge on any atom is -0.481 e. The summed E-state index contributed by atoms with van der Waals surface area (Å²) in [6.07, 6.45) is 1.19. The van der Waals surface area contributed by atoms with Gasteiger partial charge in [-0.2, -0.15) is 0 Å². The Kier molecular flexibility index (Phi) is 6.15. The van der Waals surface area contributed by atoms with E-state index in [4.69, 9.17) is 16.7 Å². The molecule has 0 aliphatic carbocycles. The van der Waals surface area contributed by atoms with E-state index in [0.29, 0.717) is 19.4 Å². The summed E-state index contributed by atoms with van der Waals surface area (Å²) in [5.41, 5.74) is -0.382. The summed E-state index contributed by atoms with van der Waals surface area (Å²) >= 11 is 5.81. The summed E-state index contributed by atoms with van der Waals surface area (Å²) < 4.78 is 13.6. The number of halogens is 2. The number of rotatable bonds is 7. The standard InChI is InChI=1S/C15H19ClFNO3/c1-15(2,7-6-12(19)20)8-9-18-14(21)13-10(16)4-3-5-11(13)17/h3-5H,6-9H2,1-2H3,(H,18,21)(H,19,20). The number of carbonyl (C=O) groups is 2. The molecule has 0 saturated heterocycles. The Bertz CT molecular complexity index is 511. The number of carboxylic acid groups (broad SMARTS) is 1. The number of carbonyl (C=O) groups excluding carboxylic acids is 1. The molecular formula is C15H19ClFNO3. The highest BCUT2D eigenvalue weighted by Crippen LogP contribution is 2.26. The first kappa shape index (κ1) is 17.4. The molecule has 6 heteroatoms. The fraction of sp³-hybridized carbons (Fsp3) is 0.467. The molecule has 0 unspecified atom stereocenters. The van der Waals surface area contributed by atoms with Gasteiger partial charge in [0.15, 0.2) is 0 Å². The van der Waals surface area contributed by atoms with E-state index in [9.17, 15) is 14.0 Å². The van der Waals surface area contributed by atoms with Gasteiger partial charge in [0.1, 0.15) is 5.82 Å². The number of hydrogen-bond acceptors (Lipinski definition) is 2. The monoisotopic (exact) mass is 315 g/mol. The van der Waals surface area contributed by atoms with Crippen molar-refractivity contribution in [3.8, 4) is 0 Å². The predicted octanol–water partition coefficient (Wildman–Crippen LogP) is 3.49. The number of hydrogen-bond donors (Lipinski definition) is 2. The summed E-state index contributed by atoms with van der Waals surface area (Å²) in [6, 6.07) is 4.07. The van der Waals surface area contributed by atoms with E-state index in [2.05, 4.69) is 5.32 Å². The fourth-order valence-corrected chi connectivity index (χ4v) is 2.14. The molecule has 0 radical (unpaired) electrons. The van der Waals surface area contributed by atoms with Crippen molar-refractivity contribution in [2.75, 3.05) is 6.54 Å². The third-order valence-electron chi connectivity index (χ3n) is 3.29. The van der Waals surface area contributed by atoms with Crippen molar-refractivity contribution in [2.24, 2.45) is 5.41 Å². The highest BCUT2D eigenvalue weighted by Gasteiger charge is 2.20. The van der Waals surface area contributed by atoms with Crippen molar-refractivity contribution in [1.29, 1.82) is 0 Å². The van der Waals surface area contributed by atoms with Gasteiger partial charge in [-0.3, -0.25) is 9.59 Å². The van der Waals surface area contributed by atoms with Crippen LogP contribution in [0.1, 0.15) is 43.5 Å². The van der Waals surface area contributed by atoms with Crippen LogP contribution in [0.2, 0.25) is 5.02 Å². The van der Waals surface area contributed by atoms with Gasteiger partial charge < -0.3 is 10.4 Å². The van der Waals surface area contributed by atoms with E-state index in [1.807, 2.05) is 13.8 Å². The van der Waals surface area contributed by atoms with E-state index >= 15 is 0 Å². The lowest BCUT2D eigenvalue weighted by Crippen LogP contribution is -2.29. The van der Waals surface area contributed by atoms with Crippen LogP contribution in [0.25, 0.3) is 0 Å². The second-order valence-corrected chi connectivity index (χ2v) is 6.07. The zero-order valence-electron chi connectivity index (χ0n) is 12.1. The van der Waals surface area contributed by atoms with Crippen LogP contribution in [0.15, 0.2) is 18.2 Å². The SMILES string of the molecule is CC(C)(CCNC(=O)c1c(F)cccc1Cl)CCC(=O)O. The fourth-order valence-electron chi connectivity index (χ4n) is 1.89. The van der Waals surface area contributed by atoms with Crippen LogP contribution in [-0.2, 0) is 4.79 Å². The smallest absolute Gasteiger partial charge is 0.303 e. The molecule has 0 aliphatic heterocycles. The number of benzene rings is 1. The molecule has 1 amide bonds. The van der Waals surface area contributed by atoms with Crippen LogP contribution in [0, 0.1) is 11.2 Å². The largest absolute Gasteiger partial charge is 0.481 e. The molecule has 0 aromatic heterocycles. The van der Waals surface area contributed by atoms with Gasteiger partial charge in [0.25, 0.3) is 5.91 Å².